The van der Waals surface area contributed by atoms with E-state index < -0.39 is 0 Å². The Balaban J connectivity index is 1.92. The lowest BCUT2D eigenvalue weighted by Crippen LogP contribution is -2.44. The third kappa shape index (κ3) is 4.21. The first-order valence-corrected chi connectivity index (χ1v) is 7.92. The van der Waals surface area contributed by atoms with Crippen LogP contribution in [0.5, 0.6) is 0 Å². The van der Waals surface area contributed by atoms with Crippen LogP contribution in [0.15, 0.2) is 18.2 Å². The fourth-order valence-corrected chi connectivity index (χ4v) is 2.89. The van der Waals surface area contributed by atoms with Crippen molar-refractivity contribution in [2.24, 2.45) is 0 Å². The van der Waals surface area contributed by atoms with Crippen molar-refractivity contribution in [1.82, 2.24) is 10.2 Å². The molecular weight excluding hydrogens is 262 g/mol. The highest BCUT2D eigenvalue weighted by Gasteiger charge is 2.18. The second-order valence-corrected chi connectivity index (χ2v) is 5.95. The zero-order valence-corrected chi connectivity index (χ0v) is 13.4. The summed E-state index contributed by atoms with van der Waals surface area (Å²) >= 11 is 0. The number of carbonyl (C=O) groups is 1. The molecule has 1 aromatic rings. The molecule has 4 nitrogen and oxygen atoms in total. The van der Waals surface area contributed by atoms with Crippen molar-refractivity contribution in [1.29, 1.82) is 0 Å². The first kappa shape index (κ1) is 15.8. The maximum Gasteiger partial charge on any atom is 0.253 e. The second-order valence-electron chi connectivity index (χ2n) is 5.95. The van der Waals surface area contributed by atoms with Gasteiger partial charge >= 0.3 is 0 Å². The first-order valence-electron chi connectivity index (χ1n) is 7.92. The van der Waals surface area contributed by atoms with Gasteiger partial charge in [-0.2, -0.15) is 0 Å². The molecule has 1 amide bonds. The molecule has 0 aliphatic carbocycles. The van der Waals surface area contributed by atoms with E-state index in [0.717, 1.165) is 24.3 Å². The number of nitrogens with one attached hydrogen (secondary N) is 2. The molecule has 0 spiro atoms. The third-order valence-electron chi connectivity index (χ3n) is 4.26. The Morgan fingerprint density at radius 2 is 2.00 bits per heavy atom. The number of anilines is 1. The lowest BCUT2D eigenvalue weighted by atomic mass is 10.1. The average Bonchev–Trinajstić information content (AvgIpc) is 2.52. The number of hydrogen-bond donors (Lipinski definition) is 2. The Morgan fingerprint density at radius 3 is 2.67 bits per heavy atom. The molecule has 2 rings (SSSR count). The van der Waals surface area contributed by atoms with Crippen LogP contribution in [0.1, 0.15) is 42.1 Å². The van der Waals surface area contributed by atoms with Gasteiger partial charge in [0.25, 0.3) is 5.91 Å². The van der Waals surface area contributed by atoms with E-state index in [0.29, 0.717) is 18.2 Å². The predicted octanol–water partition coefficient (Wildman–Crippen LogP) is 2.64. The Morgan fingerprint density at radius 1 is 1.29 bits per heavy atom. The van der Waals surface area contributed by atoms with Gasteiger partial charge in [-0.25, -0.2) is 0 Å². The number of benzene rings is 1. The van der Waals surface area contributed by atoms with Gasteiger partial charge in [0.05, 0.1) is 5.56 Å². The molecule has 1 unspecified atom stereocenters. The topological polar surface area (TPSA) is 44.4 Å². The molecule has 4 heteroatoms. The highest BCUT2D eigenvalue weighted by molar-refractivity contribution is 5.99. The highest BCUT2D eigenvalue weighted by atomic mass is 16.1. The van der Waals surface area contributed by atoms with Gasteiger partial charge in [-0.1, -0.05) is 12.5 Å². The van der Waals surface area contributed by atoms with Gasteiger partial charge in [0.1, 0.15) is 0 Å². The molecule has 116 valence electrons. The fraction of sp³-hybridized carbons (Fsp3) is 0.588. The molecule has 1 atom stereocenters. The number of nitrogens with zero attached hydrogens (tertiary/aromatic N) is 1. The van der Waals surface area contributed by atoms with Crippen LogP contribution in [0.3, 0.4) is 0 Å². The summed E-state index contributed by atoms with van der Waals surface area (Å²) in [4.78, 5) is 14.8. The number of rotatable bonds is 5. The molecule has 1 fully saturated rings. The third-order valence-corrected chi connectivity index (χ3v) is 4.26. The molecule has 1 saturated heterocycles. The Labute approximate surface area is 127 Å². The van der Waals surface area contributed by atoms with Crippen LogP contribution in [-0.2, 0) is 0 Å². The summed E-state index contributed by atoms with van der Waals surface area (Å²) in [5.74, 6) is 0.00297. The van der Waals surface area contributed by atoms with E-state index in [1.807, 2.05) is 32.2 Å². The van der Waals surface area contributed by atoms with E-state index >= 15 is 0 Å². The van der Waals surface area contributed by atoms with E-state index in [9.17, 15) is 4.79 Å². The summed E-state index contributed by atoms with van der Waals surface area (Å²) in [6.07, 6.45) is 3.89. The molecule has 1 aliphatic rings. The zero-order chi connectivity index (χ0) is 15.2. The molecular formula is C17H27N3O. The van der Waals surface area contributed by atoms with E-state index in [2.05, 4.69) is 22.5 Å². The number of aryl methyl sites for hydroxylation is 1. The monoisotopic (exact) mass is 289 g/mol. The normalized spacial score (nSPS) is 17.3. The first-order chi connectivity index (χ1) is 10.1. The van der Waals surface area contributed by atoms with E-state index in [4.69, 9.17) is 0 Å². The predicted molar refractivity (Wildman–Crippen MR) is 87.9 cm³/mol. The largest absolute Gasteiger partial charge is 0.387 e. The smallest absolute Gasteiger partial charge is 0.253 e. The molecule has 21 heavy (non-hydrogen) atoms. The van der Waals surface area contributed by atoms with Crippen molar-refractivity contribution in [2.45, 2.75) is 39.2 Å². The molecule has 0 radical (unpaired) electrons. The summed E-state index contributed by atoms with van der Waals surface area (Å²) in [5, 5.41) is 6.17. The van der Waals surface area contributed by atoms with Gasteiger partial charge in [-0.05, 0) is 57.5 Å². The Bertz CT molecular complexity index is 481. The van der Waals surface area contributed by atoms with Gasteiger partial charge in [0, 0.05) is 25.3 Å². The molecule has 2 N–H and O–H groups in total. The number of likely N-dealkylation sites (tertiary alicyclic amines) is 1. The summed E-state index contributed by atoms with van der Waals surface area (Å²) in [6.45, 7) is 7.24. The van der Waals surface area contributed by atoms with E-state index in [1.165, 1.54) is 19.3 Å². The minimum absolute atomic E-state index is 0.00297. The lowest BCUT2D eigenvalue weighted by molar-refractivity contribution is 0.0931. The van der Waals surface area contributed by atoms with Gasteiger partial charge in [-0.15, -0.1) is 0 Å². The van der Waals surface area contributed by atoms with Crippen molar-refractivity contribution in [3.63, 3.8) is 0 Å². The van der Waals surface area contributed by atoms with Gasteiger partial charge < -0.3 is 10.6 Å². The van der Waals surface area contributed by atoms with Crippen LogP contribution in [0, 0.1) is 6.92 Å². The molecule has 0 saturated carbocycles. The molecule has 1 aromatic carbocycles. The number of carbonyl (C=O) groups excluding carboxylic acids is 1. The SMILES string of the molecule is CNc1cc(C)ccc1C(=O)NCC(C)N1CCCCC1. The number of hydrogen-bond acceptors (Lipinski definition) is 3. The van der Waals surface area contributed by atoms with Crippen molar-refractivity contribution in [2.75, 3.05) is 32.0 Å². The molecule has 0 bridgehead atoms. The second kappa shape index (κ2) is 7.46. The lowest BCUT2D eigenvalue weighted by Gasteiger charge is -2.32. The summed E-state index contributed by atoms with van der Waals surface area (Å²) in [5.41, 5.74) is 2.75. The van der Waals surface area contributed by atoms with Crippen molar-refractivity contribution in [3.05, 3.63) is 29.3 Å². The maximum absolute atomic E-state index is 12.4. The number of piperidine rings is 1. The summed E-state index contributed by atoms with van der Waals surface area (Å²) < 4.78 is 0. The number of amides is 1. The fourth-order valence-electron chi connectivity index (χ4n) is 2.89. The Kier molecular flexibility index (Phi) is 5.62. The van der Waals surface area contributed by atoms with Gasteiger partial charge in [0.2, 0.25) is 0 Å². The van der Waals surface area contributed by atoms with Crippen LogP contribution in [0.4, 0.5) is 5.69 Å². The molecule has 1 heterocycles. The minimum Gasteiger partial charge on any atom is -0.387 e. The van der Waals surface area contributed by atoms with Crippen LogP contribution in [0.25, 0.3) is 0 Å². The minimum atomic E-state index is 0.00297. The molecule has 0 aromatic heterocycles. The average molecular weight is 289 g/mol. The summed E-state index contributed by atoms with van der Waals surface area (Å²) in [7, 11) is 1.85. The quantitative estimate of drug-likeness (QED) is 0.876. The van der Waals surface area contributed by atoms with Crippen molar-refractivity contribution in [3.8, 4) is 0 Å². The Hall–Kier alpha value is -1.55. The highest BCUT2D eigenvalue weighted by Crippen LogP contribution is 2.17. The van der Waals surface area contributed by atoms with Gasteiger partial charge in [-0.3, -0.25) is 9.69 Å². The maximum atomic E-state index is 12.4. The van der Waals surface area contributed by atoms with Crippen molar-refractivity contribution < 1.29 is 4.79 Å². The van der Waals surface area contributed by atoms with Gasteiger partial charge in [0.15, 0.2) is 0 Å². The van der Waals surface area contributed by atoms with Crippen LogP contribution in [0.2, 0.25) is 0 Å². The standard InChI is InChI=1S/C17H27N3O/c1-13-7-8-15(16(11-13)18-3)17(21)19-12-14(2)20-9-5-4-6-10-20/h7-8,11,14,18H,4-6,9-10,12H2,1-3H3,(H,19,21). The van der Waals surface area contributed by atoms with Crippen LogP contribution in [-0.4, -0.2) is 43.5 Å². The van der Waals surface area contributed by atoms with Crippen molar-refractivity contribution >= 4 is 11.6 Å². The van der Waals surface area contributed by atoms with Crippen LogP contribution < -0.4 is 10.6 Å². The van der Waals surface area contributed by atoms with E-state index in [-0.39, 0.29) is 5.91 Å². The summed E-state index contributed by atoms with van der Waals surface area (Å²) in [6, 6.07) is 6.27. The van der Waals surface area contributed by atoms with Crippen LogP contribution >= 0.6 is 0 Å². The van der Waals surface area contributed by atoms with E-state index in [1.54, 1.807) is 0 Å². The molecule has 1 aliphatic heterocycles. The zero-order valence-electron chi connectivity index (χ0n) is 13.4.